The van der Waals surface area contributed by atoms with E-state index in [-0.39, 0.29) is 0 Å². The number of aromatic nitrogens is 1. The predicted octanol–water partition coefficient (Wildman–Crippen LogP) is 3.05. The molecular weight excluding hydrogens is 248 g/mol. The van der Waals surface area contributed by atoms with Crippen LogP contribution in [0.4, 0.5) is 0 Å². The van der Waals surface area contributed by atoms with Crippen LogP contribution in [-0.2, 0) is 13.6 Å². The van der Waals surface area contributed by atoms with Gasteiger partial charge in [0.05, 0.1) is 0 Å². The minimum Gasteiger partial charge on any atom is -0.357 e. The molecule has 0 aliphatic rings. The molecule has 4 heteroatoms. The molecular formula is C16H30N4. The van der Waals surface area contributed by atoms with E-state index >= 15 is 0 Å². The average Bonchev–Trinajstić information content (AvgIpc) is 2.85. The summed E-state index contributed by atoms with van der Waals surface area (Å²) in [5.74, 6) is 0.886. The Balaban J connectivity index is 2.25. The monoisotopic (exact) mass is 278 g/mol. The van der Waals surface area contributed by atoms with Crippen LogP contribution in [0.3, 0.4) is 0 Å². The first-order valence-electron chi connectivity index (χ1n) is 7.73. The summed E-state index contributed by atoms with van der Waals surface area (Å²) in [4.78, 5) is 4.28. The third-order valence-corrected chi connectivity index (χ3v) is 3.45. The van der Waals surface area contributed by atoms with E-state index in [1.54, 1.807) is 0 Å². The fourth-order valence-corrected chi connectivity index (χ4v) is 2.23. The third kappa shape index (κ3) is 6.64. The van der Waals surface area contributed by atoms with Gasteiger partial charge < -0.3 is 15.2 Å². The van der Waals surface area contributed by atoms with Crippen molar-refractivity contribution in [2.24, 2.45) is 12.0 Å². The number of guanidine groups is 1. The number of aryl methyl sites for hydroxylation is 1. The predicted molar refractivity (Wildman–Crippen MR) is 87.0 cm³/mol. The fourth-order valence-electron chi connectivity index (χ4n) is 2.23. The van der Waals surface area contributed by atoms with Gasteiger partial charge in [0, 0.05) is 39.1 Å². The summed E-state index contributed by atoms with van der Waals surface area (Å²) in [5, 5.41) is 6.81. The number of nitrogens with zero attached hydrogens (tertiary/aromatic N) is 2. The van der Waals surface area contributed by atoms with Crippen molar-refractivity contribution in [1.82, 2.24) is 15.2 Å². The second kappa shape index (κ2) is 9.45. The molecule has 20 heavy (non-hydrogen) atoms. The number of hydrogen-bond acceptors (Lipinski definition) is 1. The zero-order valence-electron chi connectivity index (χ0n) is 13.4. The molecule has 2 N–H and O–H groups in total. The van der Waals surface area contributed by atoms with Crippen molar-refractivity contribution in [2.45, 2.75) is 58.5 Å². The molecule has 0 bridgehead atoms. The van der Waals surface area contributed by atoms with Crippen molar-refractivity contribution in [3.63, 3.8) is 0 Å². The lowest BCUT2D eigenvalue weighted by atomic mass is 10.1. The van der Waals surface area contributed by atoms with Crippen molar-refractivity contribution >= 4 is 5.96 Å². The van der Waals surface area contributed by atoms with Crippen LogP contribution >= 0.6 is 0 Å². The Hall–Kier alpha value is -1.45. The van der Waals surface area contributed by atoms with Crippen molar-refractivity contribution in [1.29, 1.82) is 0 Å². The maximum absolute atomic E-state index is 4.28. The molecule has 0 spiro atoms. The molecule has 0 aliphatic heterocycles. The summed E-state index contributed by atoms with van der Waals surface area (Å²) in [6, 6.07) is 2.59. The summed E-state index contributed by atoms with van der Waals surface area (Å²) in [6.45, 7) is 5.28. The van der Waals surface area contributed by atoms with E-state index in [1.807, 2.05) is 14.1 Å². The number of nitrogens with one attached hydrogen (secondary N) is 2. The molecule has 0 saturated carbocycles. The Labute approximate surface area is 123 Å². The molecule has 1 aromatic rings. The zero-order valence-corrected chi connectivity index (χ0v) is 13.4. The molecule has 0 amide bonds. The highest BCUT2D eigenvalue weighted by Crippen LogP contribution is 2.05. The number of aliphatic imine (C=N–C) groups is 1. The third-order valence-electron chi connectivity index (χ3n) is 3.45. The topological polar surface area (TPSA) is 41.4 Å². The molecule has 1 heterocycles. The van der Waals surface area contributed by atoms with Crippen LogP contribution in [0.2, 0.25) is 0 Å². The van der Waals surface area contributed by atoms with Crippen LogP contribution in [-0.4, -0.2) is 23.6 Å². The van der Waals surface area contributed by atoms with Crippen molar-refractivity contribution < 1.29 is 0 Å². The fraction of sp³-hybridized carbons (Fsp3) is 0.688. The average molecular weight is 278 g/mol. The highest BCUT2D eigenvalue weighted by Gasteiger charge is 2.05. The van der Waals surface area contributed by atoms with E-state index in [1.165, 1.54) is 37.7 Å². The first-order chi connectivity index (χ1) is 9.65. The van der Waals surface area contributed by atoms with Gasteiger partial charge in [-0.2, -0.15) is 0 Å². The van der Waals surface area contributed by atoms with Gasteiger partial charge in [-0.25, -0.2) is 0 Å². The standard InChI is InChI=1S/C16H30N4/c1-5-6-7-8-9-14(2)19-16(17-3)18-12-15-10-11-20(4)13-15/h10-11,13-14H,5-9,12H2,1-4H3,(H2,17,18,19). The van der Waals surface area contributed by atoms with Gasteiger partial charge in [0.2, 0.25) is 0 Å². The number of hydrogen-bond donors (Lipinski definition) is 2. The number of rotatable bonds is 8. The molecule has 0 radical (unpaired) electrons. The maximum Gasteiger partial charge on any atom is 0.191 e. The van der Waals surface area contributed by atoms with E-state index in [4.69, 9.17) is 0 Å². The normalized spacial score (nSPS) is 13.3. The van der Waals surface area contributed by atoms with Crippen LogP contribution in [0.1, 0.15) is 51.5 Å². The summed E-state index contributed by atoms with van der Waals surface area (Å²) in [5.41, 5.74) is 1.27. The quantitative estimate of drug-likeness (QED) is 0.436. The Morgan fingerprint density at radius 2 is 2.15 bits per heavy atom. The van der Waals surface area contributed by atoms with Gasteiger partial charge in [-0.3, -0.25) is 4.99 Å². The smallest absolute Gasteiger partial charge is 0.191 e. The van der Waals surface area contributed by atoms with Gasteiger partial charge in [0.25, 0.3) is 0 Å². The first-order valence-corrected chi connectivity index (χ1v) is 7.73. The van der Waals surface area contributed by atoms with Gasteiger partial charge in [0.15, 0.2) is 5.96 Å². The SMILES string of the molecule is CCCCCCC(C)NC(=NC)NCc1ccn(C)c1. The number of unbranched alkanes of at least 4 members (excludes halogenated alkanes) is 3. The summed E-state index contributed by atoms with van der Waals surface area (Å²) >= 11 is 0. The molecule has 1 atom stereocenters. The lowest BCUT2D eigenvalue weighted by Crippen LogP contribution is -2.41. The molecule has 0 saturated heterocycles. The minimum atomic E-state index is 0.467. The molecule has 0 aliphatic carbocycles. The summed E-state index contributed by atoms with van der Waals surface area (Å²) < 4.78 is 2.06. The zero-order chi connectivity index (χ0) is 14.8. The van der Waals surface area contributed by atoms with E-state index in [0.29, 0.717) is 6.04 Å². The lowest BCUT2D eigenvalue weighted by Gasteiger charge is -2.17. The maximum atomic E-state index is 4.28. The molecule has 1 aromatic heterocycles. The molecule has 0 fully saturated rings. The molecule has 1 rings (SSSR count). The highest BCUT2D eigenvalue weighted by atomic mass is 15.2. The van der Waals surface area contributed by atoms with E-state index in [2.05, 4.69) is 52.5 Å². The summed E-state index contributed by atoms with van der Waals surface area (Å²) in [7, 11) is 3.86. The minimum absolute atomic E-state index is 0.467. The van der Waals surface area contributed by atoms with Crippen molar-refractivity contribution in [2.75, 3.05) is 7.05 Å². The van der Waals surface area contributed by atoms with Gasteiger partial charge >= 0.3 is 0 Å². The van der Waals surface area contributed by atoms with Crippen LogP contribution in [0.15, 0.2) is 23.5 Å². The molecule has 4 nitrogen and oxygen atoms in total. The van der Waals surface area contributed by atoms with Gasteiger partial charge in [-0.1, -0.05) is 32.6 Å². The lowest BCUT2D eigenvalue weighted by molar-refractivity contribution is 0.537. The summed E-state index contributed by atoms with van der Waals surface area (Å²) in [6.07, 6.45) is 10.6. The van der Waals surface area contributed by atoms with Crippen LogP contribution in [0.25, 0.3) is 0 Å². The Morgan fingerprint density at radius 3 is 2.75 bits per heavy atom. The molecule has 0 aromatic carbocycles. The Morgan fingerprint density at radius 1 is 1.35 bits per heavy atom. The van der Waals surface area contributed by atoms with E-state index in [0.717, 1.165) is 12.5 Å². The first kappa shape index (κ1) is 16.6. The van der Waals surface area contributed by atoms with E-state index in [9.17, 15) is 0 Å². The van der Waals surface area contributed by atoms with Gasteiger partial charge in [-0.05, 0) is 25.0 Å². The van der Waals surface area contributed by atoms with Gasteiger partial charge in [0.1, 0.15) is 0 Å². The second-order valence-electron chi connectivity index (χ2n) is 5.51. The van der Waals surface area contributed by atoms with Crippen LogP contribution < -0.4 is 10.6 Å². The highest BCUT2D eigenvalue weighted by molar-refractivity contribution is 5.79. The van der Waals surface area contributed by atoms with Crippen LogP contribution in [0.5, 0.6) is 0 Å². The van der Waals surface area contributed by atoms with E-state index < -0.39 is 0 Å². The second-order valence-corrected chi connectivity index (χ2v) is 5.51. The molecule has 1 unspecified atom stereocenters. The largest absolute Gasteiger partial charge is 0.357 e. The molecule has 114 valence electrons. The Kier molecular flexibility index (Phi) is 7.85. The van der Waals surface area contributed by atoms with Crippen molar-refractivity contribution in [3.8, 4) is 0 Å². The van der Waals surface area contributed by atoms with Gasteiger partial charge in [-0.15, -0.1) is 0 Å². The Bertz CT molecular complexity index is 395. The van der Waals surface area contributed by atoms with Crippen LogP contribution in [0, 0.1) is 0 Å². The van der Waals surface area contributed by atoms with Crippen molar-refractivity contribution in [3.05, 3.63) is 24.0 Å².